The summed E-state index contributed by atoms with van der Waals surface area (Å²) in [5.41, 5.74) is 0. The van der Waals surface area contributed by atoms with E-state index in [1.807, 2.05) is 11.3 Å². The Morgan fingerprint density at radius 1 is 1.38 bits per heavy atom. The van der Waals surface area contributed by atoms with Crippen molar-refractivity contribution >= 4 is 22.9 Å². The lowest BCUT2D eigenvalue weighted by Crippen LogP contribution is -2.16. The molecule has 1 heterocycles. The summed E-state index contributed by atoms with van der Waals surface area (Å²) in [5, 5.41) is 2.51. The maximum absolute atomic E-state index is 6.50. The average Bonchev–Trinajstić information content (AvgIpc) is 2.92. The summed E-state index contributed by atoms with van der Waals surface area (Å²) in [4.78, 5) is 1.45. The van der Waals surface area contributed by atoms with E-state index in [1.54, 1.807) is 0 Å². The summed E-state index contributed by atoms with van der Waals surface area (Å²) in [6.07, 6.45) is 8.29. The zero-order valence-corrected chi connectivity index (χ0v) is 11.1. The third-order valence-corrected chi connectivity index (χ3v) is 5.68. The summed E-state index contributed by atoms with van der Waals surface area (Å²) >= 11 is 8.34. The van der Waals surface area contributed by atoms with Crippen LogP contribution >= 0.6 is 22.9 Å². The van der Waals surface area contributed by atoms with E-state index in [1.165, 1.54) is 37.0 Å². The molecule has 2 fully saturated rings. The summed E-state index contributed by atoms with van der Waals surface area (Å²) in [5.74, 6) is 3.02. The molecule has 0 amide bonds. The fraction of sp³-hybridized carbons (Fsp3) is 0.714. The maximum Gasteiger partial charge on any atom is 0.0387 e. The topological polar surface area (TPSA) is 0 Å². The molecule has 0 aromatic carbocycles. The molecule has 2 aliphatic carbocycles. The van der Waals surface area contributed by atoms with Crippen molar-refractivity contribution in [3.63, 3.8) is 0 Å². The van der Waals surface area contributed by atoms with Crippen molar-refractivity contribution in [3.05, 3.63) is 22.4 Å². The molecule has 4 atom stereocenters. The molecule has 1 aromatic heterocycles. The van der Waals surface area contributed by atoms with Crippen LogP contribution in [0.15, 0.2) is 17.5 Å². The first kappa shape index (κ1) is 11.1. The molecule has 1 aromatic rings. The van der Waals surface area contributed by atoms with Crippen molar-refractivity contribution in [2.24, 2.45) is 17.8 Å². The van der Waals surface area contributed by atoms with Crippen LogP contribution in [-0.4, -0.2) is 5.38 Å². The molecule has 3 rings (SSSR count). The second-order valence-electron chi connectivity index (χ2n) is 5.55. The van der Waals surface area contributed by atoms with Crippen LogP contribution < -0.4 is 0 Å². The smallest absolute Gasteiger partial charge is 0.0387 e. The minimum atomic E-state index is 0.364. The molecule has 0 spiro atoms. The van der Waals surface area contributed by atoms with Crippen molar-refractivity contribution in [3.8, 4) is 0 Å². The lowest BCUT2D eigenvalue weighted by Gasteiger charge is -2.23. The fourth-order valence-electron chi connectivity index (χ4n) is 3.72. The van der Waals surface area contributed by atoms with E-state index in [4.69, 9.17) is 11.6 Å². The highest BCUT2D eigenvalue weighted by atomic mass is 35.5. The number of rotatable bonds is 4. The molecule has 0 saturated heterocycles. The van der Waals surface area contributed by atoms with Crippen molar-refractivity contribution in [2.45, 2.75) is 43.9 Å². The van der Waals surface area contributed by atoms with Gasteiger partial charge in [-0.1, -0.05) is 12.5 Å². The Kier molecular flexibility index (Phi) is 3.26. The van der Waals surface area contributed by atoms with Gasteiger partial charge < -0.3 is 0 Å². The standard InChI is InChI=1S/C14H19ClS/c15-13(9-14-2-1-5-16-14)8-12-7-10-3-4-11(12)6-10/h1-2,5,10-13H,3-4,6-9H2. The number of alkyl halides is 1. The normalized spacial score (nSPS) is 34.4. The fourth-order valence-corrected chi connectivity index (χ4v) is 5.00. The third kappa shape index (κ3) is 2.31. The zero-order valence-electron chi connectivity index (χ0n) is 9.57. The Balaban J connectivity index is 1.51. The van der Waals surface area contributed by atoms with Gasteiger partial charge in [0.25, 0.3) is 0 Å². The van der Waals surface area contributed by atoms with Crippen molar-refractivity contribution < 1.29 is 0 Å². The van der Waals surface area contributed by atoms with Crippen molar-refractivity contribution in [2.75, 3.05) is 0 Å². The highest BCUT2D eigenvalue weighted by Gasteiger charge is 2.39. The number of hydrogen-bond acceptors (Lipinski definition) is 1. The largest absolute Gasteiger partial charge is 0.149 e. The second kappa shape index (κ2) is 4.70. The molecule has 2 heteroatoms. The van der Waals surface area contributed by atoms with Gasteiger partial charge in [-0.05, 0) is 61.3 Å². The molecule has 16 heavy (non-hydrogen) atoms. The van der Waals surface area contributed by atoms with Crippen LogP contribution in [-0.2, 0) is 6.42 Å². The van der Waals surface area contributed by atoms with Gasteiger partial charge >= 0.3 is 0 Å². The van der Waals surface area contributed by atoms with E-state index in [2.05, 4.69) is 17.5 Å². The van der Waals surface area contributed by atoms with Crippen molar-refractivity contribution in [1.29, 1.82) is 0 Å². The summed E-state index contributed by atoms with van der Waals surface area (Å²) < 4.78 is 0. The van der Waals surface area contributed by atoms with Gasteiger partial charge in [-0.25, -0.2) is 0 Å². The van der Waals surface area contributed by atoms with E-state index in [9.17, 15) is 0 Å². The monoisotopic (exact) mass is 254 g/mol. The highest BCUT2D eigenvalue weighted by molar-refractivity contribution is 7.09. The lowest BCUT2D eigenvalue weighted by atomic mass is 9.85. The van der Waals surface area contributed by atoms with Gasteiger partial charge in [-0.15, -0.1) is 22.9 Å². The van der Waals surface area contributed by atoms with Gasteiger partial charge in [0.1, 0.15) is 0 Å². The van der Waals surface area contributed by atoms with Gasteiger partial charge in [-0.2, -0.15) is 0 Å². The number of fused-ring (bicyclic) bond motifs is 2. The van der Waals surface area contributed by atoms with Gasteiger partial charge in [-0.3, -0.25) is 0 Å². The van der Waals surface area contributed by atoms with Gasteiger partial charge in [0, 0.05) is 10.3 Å². The van der Waals surface area contributed by atoms with E-state index < -0.39 is 0 Å². The Hall–Kier alpha value is -0.0100. The van der Waals surface area contributed by atoms with Crippen LogP contribution in [0.1, 0.15) is 37.0 Å². The Morgan fingerprint density at radius 3 is 2.94 bits per heavy atom. The first-order chi connectivity index (χ1) is 7.81. The van der Waals surface area contributed by atoms with Gasteiger partial charge in [0.2, 0.25) is 0 Å². The molecule has 4 unspecified atom stereocenters. The highest BCUT2D eigenvalue weighted by Crippen LogP contribution is 2.50. The molecule has 0 N–H and O–H groups in total. The zero-order chi connectivity index (χ0) is 11.0. The van der Waals surface area contributed by atoms with Gasteiger partial charge in [0.15, 0.2) is 0 Å². The molecule has 2 saturated carbocycles. The van der Waals surface area contributed by atoms with E-state index in [-0.39, 0.29) is 0 Å². The first-order valence-corrected chi connectivity index (χ1v) is 7.79. The predicted molar refractivity (Wildman–Crippen MR) is 71.2 cm³/mol. The molecule has 2 bridgehead atoms. The molecule has 0 radical (unpaired) electrons. The average molecular weight is 255 g/mol. The van der Waals surface area contributed by atoms with Crippen LogP contribution in [0, 0.1) is 17.8 Å². The molecule has 0 nitrogen and oxygen atoms in total. The van der Waals surface area contributed by atoms with Crippen LogP contribution in [0.3, 0.4) is 0 Å². The summed E-state index contributed by atoms with van der Waals surface area (Å²) in [6.45, 7) is 0. The predicted octanol–water partition coefficient (Wildman–Crippen LogP) is 4.72. The van der Waals surface area contributed by atoms with Crippen LogP contribution in [0.2, 0.25) is 0 Å². The molecular formula is C14H19ClS. The Morgan fingerprint density at radius 2 is 2.31 bits per heavy atom. The Labute approximate surface area is 107 Å². The van der Waals surface area contributed by atoms with Crippen LogP contribution in [0.4, 0.5) is 0 Å². The first-order valence-electron chi connectivity index (χ1n) is 6.47. The van der Waals surface area contributed by atoms with Crippen LogP contribution in [0.25, 0.3) is 0 Å². The number of hydrogen-bond donors (Lipinski definition) is 0. The number of thiophene rings is 1. The number of halogens is 1. The molecule has 88 valence electrons. The molecule has 2 aliphatic rings. The third-order valence-electron chi connectivity index (χ3n) is 4.45. The van der Waals surface area contributed by atoms with E-state index in [0.717, 1.165) is 24.2 Å². The minimum absolute atomic E-state index is 0.364. The van der Waals surface area contributed by atoms with Gasteiger partial charge in [0.05, 0.1) is 0 Å². The minimum Gasteiger partial charge on any atom is -0.149 e. The summed E-state index contributed by atoms with van der Waals surface area (Å²) in [7, 11) is 0. The van der Waals surface area contributed by atoms with Crippen LogP contribution in [0.5, 0.6) is 0 Å². The lowest BCUT2D eigenvalue weighted by molar-refractivity contribution is 0.310. The second-order valence-corrected chi connectivity index (χ2v) is 7.20. The maximum atomic E-state index is 6.50. The SMILES string of the molecule is ClC(Cc1cccs1)CC1CC2CCC1C2. The van der Waals surface area contributed by atoms with E-state index >= 15 is 0 Å². The van der Waals surface area contributed by atoms with Crippen molar-refractivity contribution in [1.82, 2.24) is 0 Å². The summed E-state index contributed by atoms with van der Waals surface area (Å²) in [6, 6.07) is 4.34. The molecule has 0 aliphatic heterocycles. The quantitative estimate of drug-likeness (QED) is 0.682. The Bertz CT molecular complexity index is 333. The van der Waals surface area contributed by atoms with E-state index in [0.29, 0.717) is 5.38 Å². The molecular weight excluding hydrogens is 236 g/mol.